The molecule has 0 bridgehead atoms. The SMILES string of the molecule is COC1(C(F)(F)F)CCN(C(=O)c2cccn2C)CC1. The second-order valence-electron chi connectivity index (χ2n) is 4.99. The van der Waals surface area contributed by atoms with Gasteiger partial charge < -0.3 is 14.2 Å². The van der Waals surface area contributed by atoms with E-state index in [1.165, 1.54) is 4.90 Å². The molecule has 0 radical (unpaired) electrons. The minimum atomic E-state index is -4.41. The average Bonchev–Trinajstić information content (AvgIpc) is 2.83. The summed E-state index contributed by atoms with van der Waals surface area (Å²) >= 11 is 0. The van der Waals surface area contributed by atoms with Crippen LogP contribution in [-0.4, -0.2) is 47.4 Å². The van der Waals surface area contributed by atoms with Gasteiger partial charge in [0.1, 0.15) is 5.69 Å². The maximum absolute atomic E-state index is 13.0. The van der Waals surface area contributed by atoms with Crippen LogP contribution in [0.1, 0.15) is 23.3 Å². The number of aryl methyl sites for hydroxylation is 1. The lowest BCUT2D eigenvalue weighted by atomic mass is 9.90. The van der Waals surface area contributed by atoms with Crippen molar-refractivity contribution >= 4 is 5.91 Å². The number of halogens is 3. The van der Waals surface area contributed by atoms with E-state index in [0.29, 0.717) is 5.69 Å². The molecule has 2 rings (SSSR count). The van der Waals surface area contributed by atoms with Crippen molar-refractivity contribution in [2.24, 2.45) is 7.05 Å². The first kappa shape index (κ1) is 14.9. The molecular formula is C13H17F3N2O2. The molecule has 1 aliphatic rings. The molecule has 1 aliphatic heterocycles. The number of nitrogens with zero attached hydrogens (tertiary/aromatic N) is 2. The molecular weight excluding hydrogens is 273 g/mol. The standard InChI is InChI=1S/C13H17F3N2O2/c1-17-7-3-4-10(17)11(19)18-8-5-12(20-2,6-9-18)13(14,15)16/h3-4,7H,5-6,8-9H2,1-2H3. The van der Waals surface area contributed by atoms with Gasteiger partial charge >= 0.3 is 6.18 Å². The quantitative estimate of drug-likeness (QED) is 0.837. The smallest absolute Gasteiger partial charge is 0.369 e. The van der Waals surface area contributed by atoms with Crippen molar-refractivity contribution in [3.63, 3.8) is 0 Å². The highest BCUT2D eigenvalue weighted by molar-refractivity contribution is 5.92. The van der Waals surface area contributed by atoms with Crippen LogP contribution in [0.15, 0.2) is 18.3 Å². The monoisotopic (exact) mass is 290 g/mol. The Morgan fingerprint density at radius 2 is 1.95 bits per heavy atom. The van der Waals surface area contributed by atoms with Gasteiger partial charge in [-0.1, -0.05) is 0 Å². The Morgan fingerprint density at radius 1 is 1.35 bits per heavy atom. The number of hydrogen-bond acceptors (Lipinski definition) is 2. The first-order chi connectivity index (χ1) is 9.31. The molecule has 0 unspecified atom stereocenters. The number of aromatic nitrogens is 1. The Kier molecular flexibility index (Phi) is 3.82. The van der Waals surface area contributed by atoms with Gasteiger partial charge in [-0.2, -0.15) is 13.2 Å². The van der Waals surface area contributed by atoms with Crippen LogP contribution < -0.4 is 0 Å². The highest BCUT2D eigenvalue weighted by Gasteiger charge is 2.56. The highest BCUT2D eigenvalue weighted by atomic mass is 19.4. The van der Waals surface area contributed by atoms with Gasteiger partial charge in [0.15, 0.2) is 5.60 Å². The first-order valence-electron chi connectivity index (χ1n) is 6.33. The third kappa shape index (κ3) is 2.42. The molecule has 0 aromatic carbocycles. The fourth-order valence-electron chi connectivity index (χ4n) is 2.52. The zero-order valence-electron chi connectivity index (χ0n) is 11.4. The van der Waals surface area contributed by atoms with Gasteiger partial charge in [-0.05, 0) is 12.1 Å². The summed E-state index contributed by atoms with van der Waals surface area (Å²) in [5.74, 6) is -0.246. The van der Waals surface area contributed by atoms with Crippen LogP contribution in [-0.2, 0) is 11.8 Å². The second-order valence-corrected chi connectivity index (χ2v) is 4.99. The van der Waals surface area contributed by atoms with Crippen LogP contribution in [0.5, 0.6) is 0 Å². The summed E-state index contributed by atoms with van der Waals surface area (Å²) in [6.07, 6.45) is -3.15. The Morgan fingerprint density at radius 3 is 2.35 bits per heavy atom. The van der Waals surface area contributed by atoms with E-state index in [-0.39, 0.29) is 31.8 Å². The number of alkyl halides is 3. The molecule has 0 atom stereocenters. The van der Waals surface area contributed by atoms with Crippen LogP contribution in [0.25, 0.3) is 0 Å². The fraction of sp³-hybridized carbons (Fsp3) is 0.615. The van der Waals surface area contributed by atoms with Crippen LogP contribution >= 0.6 is 0 Å². The number of rotatable bonds is 2. The van der Waals surface area contributed by atoms with Crippen LogP contribution in [0.3, 0.4) is 0 Å². The Balaban J connectivity index is 2.08. The zero-order chi connectivity index (χ0) is 15.0. The Hall–Kier alpha value is -1.50. The van der Waals surface area contributed by atoms with Gasteiger partial charge in [0.2, 0.25) is 0 Å². The van der Waals surface area contributed by atoms with E-state index in [1.54, 1.807) is 29.9 Å². The van der Waals surface area contributed by atoms with Gasteiger partial charge in [0.05, 0.1) is 0 Å². The largest absolute Gasteiger partial charge is 0.417 e. The summed E-state index contributed by atoms with van der Waals surface area (Å²) in [4.78, 5) is 13.7. The average molecular weight is 290 g/mol. The number of methoxy groups -OCH3 is 1. The molecule has 20 heavy (non-hydrogen) atoms. The van der Waals surface area contributed by atoms with E-state index in [1.807, 2.05) is 0 Å². The Bertz CT molecular complexity index is 488. The maximum Gasteiger partial charge on any atom is 0.417 e. The predicted octanol–water partition coefficient (Wildman–Crippen LogP) is 2.21. The lowest BCUT2D eigenvalue weighted by Crippen LogP contribution is -2.55. The lowest BCUT2D eigenvalue weighted by molar-refractivity contribution is -0.281. The molecule has 0 N–H and O–H groups in total. The molecule has 1 saturated heterocycles. The number of ether oxygens (including phenoxy) is 1. The first-order valence-corrected chi connectivity index (χ1v) is 6.33. The number of piperidine rings is 1. The van der Waals surface area contributed by atoms with E-state index in [0.717, 1.165) is 7.11 Å². The number of likely N-dealkylation sites (tertiary alicyclic amines) is 1. The van der Waals surface area contributed by atoms with Gasteiger partial charge in [0, 0.05) is 46.3 Å². The second kappa shape index (κ2) is 5.12. The molecule has 4 nitrogen and oxygen atoms in total. The van der Waals surface area contributed by atoms with Crippen molar-refractivity contribution in [2.75, 3.05) is 20.2 Å². The Labute approximate surface area is 115 Å². The van der Waals surface area contributed by atoms with Gasteiger partial charge in [0.25, 0.3) is 5.91 Å². The zero-order valence-corrected chi connectivity index (χ0v) is 11.4. The number of hydrogen-bond donors (Lipinski definition) is 0. The minimum absolute atomic E-state index is 0.0391. The normalized spacial score (nSPS) is 19.1. The van der Waals surface area contributed by atoms with Gasteiger partial charge in [-0.15, -0.1) is 0 Å². The van der Waals surface area contributed by atoms with Crippen molar-refractivity contribution < 1.29 is 22.7 Å². The molecule has 7 heteroatoms. The molecule has 0 spiro atoms. The molecule has 112 valence electrons. The van der Waals surface area contributed by atoms with E-state index in [2.05, 4.69) is 0 Å². The molecule has 1 aromatic rings. The summed E-state index contributed by atoms with van der Waals surface area (Å²) in [6.45, 7) is 0.0781. The topological polar surface area (TPSA) is 34.5 Å². The molecule has 1 fully saturated rings. The van der Waals surface area contributed by atoms with Gasteiger partial charge in [-0.25, -0.2) is 0 Å². The van der Waals surface area contributed by atoms with Gasteiger partial charge in [-0.3, -0.25) is 4.79 Å². The summed E-state index contributed by atoms with van der Waals surface area (Å²) < 4.78 is 45.5. The third-order valence-corrected chi connectivity index (χ3v) is 3.93. The minimum Gasteiger partial charge on any atom is -0.369 e. The summed E-state index contributed by atoms with van der Waals surface area (Å²) in [5, 5.41) is 0. The van der Waals surface area contributed by atoms with Crippen LogP contribution in [0.2, 0.25) is 0 Å². The summed E-state index contributed by atoms with van der Waals surface area (Å²) in [6, 6.07) is 3.39. The predicted molar refractivity (Wildman–Crippen MR) is 66.3 cm³/mol. The number of amides is 1. The molecule has 1 amide bonds. The molecule has 1 aromatic heterocycles. The van der Waals surface area contributed by atoms with E-state index in [4.69, 9.17) is 4.74 Å². The van der Waals surface area contributed by atoms with Crippen LogP contribution in [0.4, 0.5) is 13.2 Å². The summed E-state index contributed by atoms with van der Waals surface area (Å²) in [7, 11) is 2.80. The molecule has 0 saturated carbocycles. The third-order valence-electron chi connectivity index (χ3n) is 3.93. The van der Waals surface area contributed by atoms with E-state index >= 15 is 0 Å². The van der Waals surface area contributed by atoms with Crippen molar-refractivity contribution in [3.05, 3.63) is 24.0 Å². The molecule has 2 heterocycles. The molecule has 0 aliphatic carbocycles. The van der Waals surface area contributed by atoms with Crippen molar-refractivity contribution in [2.45, 2.75) is 24.6 Å². The van der Waals surface area contributed by atoms with Crippen molar-refractivity contribution in [1.82, 2.24) is 9.47 Å². The van der Waals surface area contributed by atoms with E-state index in [9.17, 15) is 18.0 Å². The van der Waals surface area contributed by atoms with E-state index < -0.39 is 11.8 Å². The van der Waals surface area contributed by atoms with Crippen molar-refractivity contribution in [3.8, 4) is 0 Å². The maximum atomic E-state index is 13.0. The lowest BCUT2D eigenvalue weighted by Gasteiger charge is -2.41. The van der Waals surface area contributed by atoms with Crippen molar-refractivity contribution in [1.29, 1.82) is 0 Å². The highest BCUT2D eigenvalue weighted by Crippen LogP contribution is 2.41. The van der Waals surface area contributed by atoms with Crippen LogP contribution in [0, 0.1) is 0 Å². The number of carbonyl (C=O) groups excluding carboxylic acids is 1. The fourth-order valence-corrected chi connectivity index (χ4v) is 2.52. The number of carbonyl (C=O) groups is 1. The summed E-state index contributed by atoms with van der Waals surface area (Å²) in [5.41, 5.74) is -1.65.